The van der Waals surface area contributed by atoms with E-state index < -0.39 is 0 Å². The van der Waals surface area contributed by atoms with E-state index in [-0.39, 0.29) is 0 Å². The second-order valence-electron chi connectivity index (χ2n) is 6.61. The molecular weight excluding hydrogens is 262 g/mol. The molecule has 2 heteroatoms. The zero-order valence-electron chi connectivity index (χ0n) is 12.8. The molecule has 3 rings (SSSR count). The van der Waals surface area contributed by atoms with Crippen molar-refractivity contribution in [2.24, 2.45) is 0 Å². The predicted octanol–water partition coefficient (Wildman–Crippen LogP) is 4.50. The summed E-state index contributed by atoms with van der Waals surface area (Å²) in [6.07, 6.45) is 10.6. The fourth-order valence-corrected chi connectivity index (χ4v) is 4.72. The molecule has 20 heavy (non-hydrogen) atoms. The highest BCUT2D eigenvalue weighted by atomic mass is 32.2. The van der Waals surface area contributed by atoms with Gasteiger partial charge in [-0.3, -0.25) is 0 Å². The molecular formula is C18H27NS. The smallest absolute Gasteiger partial charge is 0.00813 e. The molecule has 0 amide bonds. The minimum atomic E-state index is 0.769. The highest BCUT2D eigenvalue weighted by Gasteiger charge is 2.33. The van der Waals surface area contributed by atoms with Gasteiger partial charge in [-0.1, -0.05) is 30.7 Å². The summed E-state index contributed by atoms with van der Waals surface area (Å²) in [4.78, 5) is 0. The Balaban J connectivity index is 1.48. The molecule has 1 aromatic carbocycles. The molecule has 0 spiro atoms. The zero-order chi connectivity index (χ0) is 13.9. The number of hydrogen-bond acceptors (Lipinski definition) is 2. The van der Waals surface area contributed by atoms with Crippen LogP contribution in [-0.4, -0.2) is 23.6 Å². The van der Waals surface area contributed by atoms with Crippen molar-refractivity contribution in [3.8, 4) is 0 Å². The largest absolute Gasteiger partial charge is 0.311 e. The third kappa shape index (κ3) is 3.23. The first-order valence-electron chi connectivity index (χ1n) is 8.10. The number of nitrogens with one attached hydrogen (secondary N) is 1. The minimum Gasteiger partial charge on any atom is -0.311 e. The molecule has 2 aliphatic rings. The van der Waals surface area contributed by atoms with Gasteiger partial charge in [-0.15, -0.1) is 0 Å². The van der Waals surface area contributed by atoms with Crippen LogP contribution in [0.4, 0.5) is 0 Å². The van der Waals surface area contributed by atoms with Crippen LogP contribution in [0.25, 0.3) is 0 Å². The summed E-state index contributed by atoms with van der Waals surface area (Å²) in [5, 5.41) is 4.82. The van der Waals surface area contributed by atoms with E-state index in [4.69, 9.17) is 0 Å². The molecule has 0 radical (unpaired) electrons. The molecule has 0 heterocycles. The van der Waals surface area contributed by atoms with Crippen LogP contribution in [0.3, 0.4) is 0 Å². The molecule has 110 valence electrons. The first-order chi connectivity index (χ1) is 9.76. The Hall–Kier alpha value is -0.470. The molecule has 0 aromatic heterocycles. The third-order valence-corrected chi connectivity index (χ3v) is 6.29. The Labute approximate surface area is 127 Å². The number of thioether (sulfide) groups is 1. The molecule has 1 N–H and O–H groups in total. The molecule has 2 saturated carbocycles. The maximum absolute atomic E-state index is 3.93. The van der Waals surface area contributed by atoms with Crippen molar-refractivity contribution in [2.75, 3.05) is 6.26 Å². The molecule has 1 aromatic rings. The summed E-state index contributed by atoms with van der Waals surface area (Å²) in [5.41, 5.74) is 3.05. The summed E-state index contributed by atoms with van der Waals surface area (Å²) in [6.45, 7) is 2.25. The lowest BCUT2D eigenvalue weighted by molar-refractivity contribution is 0.240. The number of rotatable bonds is 4. The van der Waals surface area contributed by atoms with Crippen molar-refractivity contribution in [2.45, 2.75) is 68.7 Å². The first kappa shape index (κ1) is 14.5. The van der Waals surface area contributed by atoms with E-state index in [2.05, 4.69) is 54.5 Å². The summed E-state index contributed by atoms with van der Waals surface area (Å²) in [7, 11) is 0. The van der Waals surface area contributed by atoms with Crippen molar-refractivity contribution >= 4 is 11.8 Å². The van der Waals surface area contributed by atoms with Crippen LogP contribution < -0.4 is 5.32 Å². The second kappa shape index (κ2) is 6.53. The predicted molar refractivity (Wildman–Crippen MR) is 89.6 cm³/mol. The Morgan fingerprint density at radius 2 is 1.85 bits per heavy atom. The maximum atomic E-state index is 3.93. The number of benzene rings is 1. The van der Waals surface area contributed by atoms with Gasteiger partial charge in [0.2, 0.25) is 0 Å². The van der Waals surface area contributed by atoms with E-state index in [0.717, 1.165) is 23.3 Å². The maximum Gasteiger partial charge on any atom is 0.00813 e. The van der Waals surface area contributed by atoms with Gasteiger partial charge in [-0.05, 0) is 62.3 Å². The summed E-state index contributed by atoms with van der Waals surface area (Å²) in [5.74, 6) is 0.800. The summed E-state index contributed by atoms with van der Waals surface area (Å²) < 4.78 is 0. The van der Waals surface area contributed by atoms with Crippen LogP contribution in [0.2, 0.25) is 0 Å². The van der Waals surface area contributed by atoms with E-state index in [0.29, 0.717) is 0 Å². The van der Waals surface area contributed by atoms with Gasteiger partial charge in [0.15, 0.2) is 0 Å². The Kier molecular flexibility index (Phi) is 4.72. The lowest BCUT2D eigenvalue weighted by Gasteiger charge is -2.41. The van der Waals surface area contributed by atoms with Gasteiger partial charge < -0.3 is 5.32 Å². The lowest BCUT2D eigenvalue weighted by Crippen LogP contribution is -2.47. The average molecular weight is 289 g/mol. The monoisotopic (exact) mass is 289 g/mol. The van der Waals surface area contributed by atoms with Crippen LogP contribution in [0.1, 0.15) is 55.6 Å². The van der Waals surface area contributed by atoms with Gasteiger partial charge in [-0.2, -0.15) is 11.8 Å². The Morgan fingerprint density at radius 1 is 1.05 bits per heavy atom. The Bertz CT molecular complexity index is 439. The van der Waals surface area contributed by atoms with Gasteiger partial charge in [0, 0.05) is 17.3 Å². The van der Waals surface area contributed by atoms with Crippen LogP contribution >= 0.6 is 11.8 Å². The molecule has 0 bridgehead atoms. The standard InChI is InChI=1S/C18H27NS/c1-13-6-3-4-9-18(13)14-10-16(11-14)19-15-7-5-8-17(12-15)20-2/h3-4,6,9,14-17,19H,5,7-8,10-12H2,1-2H3. The topological polar surface area (TPSA) is 12.0 Å². The fourth-order valence-electron chi connectivity index (χ4n) is 3.90. The fraction of sp³-hybridized carbons (Fsp3) is 0.667. The van der Waals surface area contributed by atoms with E-state index in [1.54, 1.807) is 5.56 Å². The average Bonchev–Trinajstić information content (AvgIpc) is 2.44. The zero-order valence-corrected chi connectivity index (χ0v) is 13.6. The second-order valence-corrected chi connectivity index (χ2v) is 7.75. The van der Waals surface area contributed by atoms with Crippen molar-refractivity contribution in [1.29, 1.82) is 0 Å². The van der Waals surface area contributed by atoms with E-state index in [1.165, 1.54) is 44.1 Å². The first-order valence-corrected chi connectivity index (χ1v) is 9.39. The molecule has 0 saturated heterocycles. The molecule has 2 fully saturated rings. The van der Waals surface area contributed by atoms with Crippen molar-refractivity contribution < 1.29 is 0 Å². The normalized spacial score (nSPS) is 33.7. The molecule has 2 unspecified atom stereocenters. The van der Waals surface area contributed by atoms with Gasteiger partial charge in [0.05, 0.1) is 0 Å². The van der Waals surface area contributed by atoms with Crippen LogP contribution in [0.15, 0.2) is 24.3 Å². The van der Waals surface area contributed by atoms with Crippen LogP contribution in [-0.2, 0) is 0 Å². The molecule has 1 nitrogen and oxygen atoms in total. The van der Waals surface area contributed by atoms with Crippen LogP contribution in [0, 0.1) is 6.92 Å². The van der Waals surface area contributed by atoms with Crippen LogP contribution in [0.5, 0.6) is 0 Å². The van der Waals surface area contributed by atoms with E-state index in [1.807, 2.05) is 0 Å². The minimum absolute atomic E-state index is 0.769. The SMILES string of the molecule is CSC1CCCC(NC2CC(c3ccccc3C)C2)C1. The number of hydrogen-bond donors (Lipinski definition) is 1. The highest BCUT2D eigenvalue weighted by Crippen LogP contribution is 2.39. The molecule has 2 aliphatic carbocycles. The summed E-state index contributed by atoms with van der Waals surface area (Å²) >= 11 is 2.06. The highest BCUT2D eigenvalue weighted by molar-refractivity contribution is 7.99. The van der Waals surface area contributed by atoms with E-state index in [9.17, 15) is 0 Å². The van der Waals surface area contributed by atoms with Crippen molar-refractivity contribution in [3.63, 3.8) is 0 Å². The van der Waals surface area contributed by atoms with Gasteiger partial charge in [0.25, 0.3) is 0 Å². The summed E-state index contributed by atoms with van der Waals surface area (Å²) in [6, 6.07) is 10.5. The third-order valence-electron chi connectivity index (χ3n) is 5.20. The van der Waals surface area contributed by atoms with E-state index >= 15 is 0 Å². The van der Waals surface area contributed by atoms with Crippen molar-refractivity contribution in [3.05, 3.63) is 35.4 Å². The quantitative estimate of drug-likeness (QED) is 0.875. The van der Waals surface area contributed by atoms with Gasteiger partial charge >= 0.3 is 0 Å². The lowest BCUT2D eigenvalue weighted by atomic mass is 9.74. The molecule has 0 aliphatic heterocycles. The molecule has 2 atom stereocenters. The number of aryl methyl sites for hydroxylation is 1. The van der Waals surface area contributed by atoms with Gasteiger partial charge in [-0.25, -0.2) is 0 Å². The van der Waals surface area contributed by atoms with Gasteiger partial charge in [0.1, 0.15) is 0 Å². The Morgan fingerprint density at radius 3 is 2.60 bits per heavy atom. The van der Waals surface area contributed by atoms with Crippen molar-refractivity contribution in [1.82, 2.24) is 5.32 Å².